The monoisotopic (exact) mass is 323 g/mol. The second kappa shape index (κ2) is 4.18. The minimum atomic E-state index is -0.113. The number of nitrogens with two attached hydrogens (primary N) is 1. The van der Waals surface area contributed by atoms with Crippen LogP contribution in [-0.2, 0) is 0 Å². The van der Waals surface area contributed by atoms with Gasteiger partial charge in [0.15, 0.2) is 0 Å². The van der Waals surface area contributed by atoms with Crippen LogP contribution in [-0.4, -0.2) is 18.7 Å². The van der Waals surface area contributed by atoms with Crippen LogP contribution in [0.3, 0.4) is 0 Å². The van der Waals surface area contributed by atoms with Crippen molar-refractivity contribution in [2.75, 3.05) is 5.73 Å². The number of benzene rings is 1. The Hall–Kier alpha value is -1.73. The Morgan fingerprint density at radius 1 is 1.44 bits per heavy atom. The summed E-state index contributed by atoms with van der Waals surface area (Å²) in [5.41, 5.74) is 8.11. The summed E-state index contributed by atoms with van der Waals surface area (Å²) in [6.45, 7) is 0. The Labute approximate surface area is 114 Å². The topological polar surface area (TPSA) is 75.8 Å². The van der Waals surface area contributed by atoms with Gasteiger partial charge >= 0.3 is 114 Å². The van der Waals surface area contributed by atoms with E-state index < -0.39 is 0 Å². The Kier molecular flexibility index (Phi) is 2.64. The minimum absolute atomic E-state index is 0.113. The second-order valence-electron chi connectivity index (χ2n) is 3.65. The molecule has 18 heavy (non-hydrogen) atoms. The zero-order valence-electron chi connectivity index (χ0n) is 8.98. The Morgan fingerprint density at radius 2 is 2.28 bits per heavy atom. The zero-order chi connectivity index (χ0) is 12.7. The Bertz CT molecular complexity index is 784. The number of fused-ring (bicyclic) bond motifs is 1. The van der Waals surface area contributed by atoms with Gasteiger partial charge in [0.1, 0.15) is 0 Å². The van der Waals surface area contributed by atoms with E-state index in [4.69, 9.17) is 27.0 Å². The average molecular weight is 323 g/mol. The van der Waals surface area contributed by atoms with Crippen LogP contribution in [0.2, 0.25) is 5.02 Å². The molecule has 2 N–H and O–H groups in total. The predicted octanol–water partition coefficient (Wildman–Crippen LogP) is 2.66. The molecular formula is C12H6ClN3OSe. The molecule has 2 aromatic heterocycles. The molecule has 3 aromatic rings. The standard InChI is InChI=1S/C12H6ClN3OSe/c13-7-3-1-2-6(4-7)11-10-9(16-18-11)8(5-14)12(15)17-10/h1-4H,15H2. The summed E-state index contributed by atoms with van der Waals surface area (Å²) in [6, 6.07) is 9.49. The van der Waals surface area contributed by atoms with Crippen molar-refractivity contribution in [1.82, 2.24) is 3.98 Å². The van der Waals surface area contributed by atoms with Gasteiger partial charge in [-0.2, -0.15) is 0 Å². The number of nitrogen functional groups attached to an aromatic ring is 1. The molecule has 0 aliphatic rings. The fourth-order valence-electron chi connectivity index (χ4n) is 1.73. The van der Waals surface area contributed by atoms with E-state index in [9.17, 15) is 0 Å². The van der Waals surface area contributed by atoms with Crippen LogP contribution in [0.4, 0.5) is 5.88 Å². The summed E-state index contributed by atoms with van der Waals surface area (Å²) in [7, 11) is 0. The SMILES string of the molecule is N#Cc1c(N)oc2c(-c3cccc(Cl)c3)[se]nc12. The molecule has 0 amide bonds. The average Bonchev–Trinajstić information content (AvgIpc) is 2.86. The third kappa shape index (κ3) is 1.63. The molecular weight excluding hydrogens is 317 g/mol. The van der Waals surface area contributed by atoms with E-state index in [2.05, 4.69) is 3.98 Å². The third-order valence-electron chi connectivity index (χ3n) is 2.54. The molecule has 4 nitrogen and oxygen atoms in total. The van der Waals surface area contributed by atoms with Crippen LogP contribution in [0.1, 0.15) is 5.56 Å². The van der Waals surface area contributed by atoms with Crippen LogP contribution in [0, 0.1) is 11.3 Å². The van der Waals surface area contributed by atoms with Crippen LogP contribution >= 0.6 is 11.6 Å². The van der Waals surface area contributed by atoms with Crippen molar-refractivity contribution in [3.8, 4) is 16.1 Å². The van der Waals surface area contributed by atoms with E-state index in [0.29, 0.717) is 21.7 Å². The Balaban J connectivity index is 2.29. The number of nitrogens with zero attached hydrogens (tertiary/aromatic N) is 2. The molecule has 0 unspecified atom stereocenters. The van der Waals surface area contributed by atoms with Crippen molar-refractivity contribution in [2.24, 2.45) is 0 Å². The van der Waals surface area contributed by atoms with Crippen molar-refractivity contribution >= 4 is 43.3 Å². The van der Waals surface area contributed by atoms with Crippen molar-refractivity contribution in [1.29, 1.82) is 5.26 Å². The van der Waals surface area contributed by atoms with Gasteiger partial charge in [-0.05, 0) is 0 Å². The maximum absolute atomic E-state index is 9.00. The van der Waals surface area contributed by atoms with E-state index in [-0.39, 0.29) is 20.6 Å². The van der Waals surface area contributed by atoms with Crippen LogP contribution in [0.5, 0.6) is 0 Å². The summed E-state index contributed by atoms with van der Waals surface area (Å²) in [5, 5.41) is 9.66. The molecule has 0 aliphatic carbocycles. The van der Waals surface area contributed by atoms with Gasteiger partial charge in [0, 0.05) is 0 Å². The zero-order valence-corrected chi connectivity index (χ0v) is 11.4. The summed E-state index contributed by atoms with van der Waals surface area (Å²) < 4.78 is 10.8. The fourth-order valence-corrected chi connectivity index (χ4v) is 3.63. The molecule has 0 radical (unpaired) electrons. The number of aromatic nitrogens is 1. The van der Waals surface area contributed by atoms with E-state index in [1.807, 2.05) is 30.3 Å². The van der Waals surface area contributed by atoms with Gasteiger partial charge in [-0.25, -0.2) is 0 Å². The molecule has 0 bridgehead atoms. The Morgan fingerprint density at radius 3 is 3.00 bits per heavy atom. The van der Waals surface area contributed by atoms with Crippen molar-refractivity contribution in [3.63, 3.8) is 0 Å². The number of hydrogen-bond acceptors (Lipinski definition) is 4. The number of hydrogen-bond donors (Lipinski definition) is 1. The molecule has 2 heterocycles. The van der Waals surface area contributed by atoms with Gasteiger partial charge in [0.2, 0.25) is 0 Å². The number of furan rings is 1. The van der Waals surface area contributed by atoms with Crippen molar-refractivity contribution in [3.05, 3.63) is 34.9 Å². The second-order valence-corrected chi connectivity index (χ2v) is 5.71. The van der Waals surface area contributed by atoms with E-state index >= 15 is 0 Å². The number of rotatable bonds is 1. The first kappa shape index (κ1) is 11.4. The maximum atomic E-state index is 9.00. The van der Waals surface area contributed by atoms with Gasteiger partial charge in [-0.3, -0.25) is 0 Å². The molecule has 1 aromatic carbocycles. The molecule has 0 saturated carbocycles. The van der Waals surface area contributed by atoms with E-state index in [1.165, 1.54) is 0 Å². The summed E-state index contributed by atoms with van der Waals surface area (Å²) in [5.74, 6) is 0.126. The molecule has 0 aliphatic heterocycles. The molecule has 6 heteroatoms. The number of halogens is 1. The molecule has 3 rings (SSSR count). The van der Waals surface area contributed by atoms with Crippen LogP contribution in [0.15, 0.2) is 28.7 Å². The first-order chi connectivity index (χ1) is 8.70. The van der Waals surface area contributed by atoms with Gasteiger partial charge < -0.3 is 0 Å². The predicted molar refractivity (Wildman–Crippen MR) is 70.5 cm³/mol. The normalized spacial score (nSPS) is 10.7. The van der Waals surface area contributed by atoms with Gasteiger partial charge in [0.05, 0.1) is 0 Å². The number of anilines is 1. The molecule has 0 fully saturated rings. The summed E-state index contributed by atoms with van der Waals surface area (Å²) in [6.07, 6.45) is 0. The molecule has 0 atom stereocenters. The van der Waals surface area contributed by atoms with Crippen molar-refractivity contribution in [2.45, 2.75) is 0 Å². The summed E-state index contributed by atoms with van der Waals surface area (Å²) in [4.78, 5) is 0. The first-order valence-corrected chi connectivity index (χ1v) is 7.04. The fraction of sp³-hybridized carbons (Fsp3) is 0. The van der Waals surface area contributed by atoms with E-state index in [0.717, 1.165) is 10.0 Å². The summed E-state index contributed by atoms with van der Waals surface area (Å²) >= 11 is 5.86. The number of nitriles is 1. The van der Waals surface area contributed by atoms with Crippen LogP contribution < -0.4 is 5.73 Å². The van der Waals surface area contributed by atoms with Gasteiger partial charge in [0.25, 0.3) is 0 Å². The van der Waals surface area contributed by atoms with Crippen LogP contribution in [0.25, 0.3) is 21.1 Å². The molecule has 0 spiro atoms. The van der Waals surface area contributed by atoms with Crippen molar-refractivity contribution < 1.29 is 4.42 Å². The quantitative estimate of drug-likeness (QED) is 0.699. The molecule has 88 valence electrons. The third-order valence-corrected chi connectivity index (χ3v) is 4.62. The molecule has 0 saturated heterocycles. The van der Waals surface area contributed by atoms with E-state index in [1.54, 1.807) is 0 Å². The first-order valence-electron chi connectivity index (χ1n) is 5.04. The van der Waals surface area contributed by atoms with Gasteiger partial charge in [-0.15, -0.1) is 0 Å². The van der Waals surface area contributed by atoms with Gasteiger partial charge in [-0.1, -0.05) is 0 Å².